The highest BCUT2D eigenvalue weighted by Crippen LogP contribution is 2.37. The number of nitrogens with one attached hydrogen (secondary N) is 1. The van der Waals surface area contributed by atoms with E-state index in [1.165, 1.54) is 0 Å². The Morgan fingerprint density at radius 1 is 1.00 bits per heavy atom. The van der Waals surface area contributed by atoms with Crippen molar-refractivity contribution in [3.05, 3.63) is 72.2 Å². The molecule has 4 aromatic rings. The summed E-state index contributed by atoms with van der Waals surface area (Å²) >= 11 is -1.47. The van der Waals surface area contributed by atoms with Crippen LogP contribution in [0.15, 0.2) is 60.8 Å². The number of hydrogen-bond donors (Lipinski definition) is 2. The van der Waals surface area contributed by atoms with E-state index in [0.29, 0.717) is 30.8 Å². The first kappa shape index (κ1) is 32.3. The zero-order chi connectivity index (χ0) is 30.9. The van der Waals surface area contributed by atoms with Gasteiger partial charge in [-0.3, -0.25) is 0 Å². The second-order valence-corrected chi connectivity index (χ2v) is 20.2. The monoisotopic (exact) mass is 607 g/mol. The number of pyridine rings is 2. The number of rotatable bonds is 10. The summed E-state index contributed by atoms with van der Waals surface area (Å²) in [5, 5.41) is 17.5. The third-order valence-electron chi connectivity index (χ3n) is 7.82. The van der Waals surface area contributed by atoms with Gasteiger partial charge in [0.25, 0.3) is 0 Å². The molecule has 0 spiro atoms. The summed E-state index contributed by atoms with van der Waals surface area (Å²) in [4.78, 5) is 9.63. The maximum atomic E-state index is 12.9. The van der Waals surface area contributed by atoms with E-state index in [9.17, 15) is 9.66 Å². The van der Waals surface area contributed by atoms with Crippen molar-refractivity contribution in [1.82, 2.24) is 24.5 Å². The third kappa shape index (κ3) is 7.30. The van der Waals surface area contributed by atoms with Gasteiger partial charge in [0.1, 0.15) is 4.75 Å². The van der Waals surface area contributed by atoms with Crippen molar-refractivity contribution in [2.45, 2.75) is 96.5 Å². The van der Waals surface area contributed by atoms with Gasteiger partial charge >= 0.3 is 0 Å². The molecule has 0 amide bonds. The van der Waals surface area contributed by atoms with E-state index in [1.54, 1.807) is 10.7 Å². The van der Waals surface area contributed by atoms with Crippen molar-refractivity contribution in [3.8, 4) is 17.1 Å². The van der Waals surface area contributed by atoms with Crippen LogP contribution in [-0.4, -0.2) is 42.5 Å². The first-order valence-electron chi connectivity index (χ1n) is 14.5. The fourth-order valence-corrected chi connectivity index (χ4v) is 5.93. The molecule has 2 atom stereocenters. The summed E-state index contributed by atoms with van der Waals surface area (Å²) in [7, 11) is -1.89. The fourth-order valence-electron chi connectivity index (χ4n) is 4.16. The highest BCUT2D eigenvalue weighted by Gasteiger charge is 2.40. The van der Waals surface area contributed by atoms with Crippen LogP contribution in [-0.2, 0) is 28.1 Å². The molecule has 4 rings (SSSR count). The number of aromatic nitrogens is 4. The minimum atomic E-state index is -1.89. The fraction of sp³-hybridized carbons (Fsp3) is 0.469. The van der Waals surface area contributed by atoms with Crippen molar-refractivity contribution >= 4 is 30.6 Å². The molecule has 0 aliphatic carbocycles. The number of benzene rings is 1. The van der Waals surface area contributed by atoms with Crippen molar-refractivity contribution < 1.29 is 14.1 Å². The first-order chi connectivity index (χ1) is 19.5. The van der Waals surface area contributed by atoms with Crippen molar-refractivity contribution in [1.29, 1.82) is 0 Å². The zero-order valence-corrected chi connectivity index (χ0v) is 28.2. The van der Waals surface area contributed by atoms with Crippen molar-refractivity contribution in [2.24, 2.45) is 0 Å². The van der Waals surface area contributed by atoms with Gasteiger partial charge < -0.3 is 14.1 Å². The molecule has 0 fully saturated rings. The van der Waals surface area contributed by atoms with Gasteiger partial charge in [-0.25, -0.2) is 14.6 Å². The average molecular weight is 608 g/mol. The van der Waals surface area contributed by atoms with Gasteiger partial charge in [-0.2, -0.15) is 5.10 Å². The van der Waals surface area contributed by atoms with Gasteiger partial charge in [-0.1, -0.05) is 58.4 Å². The van der Waals surface area contributed by atoms with Gasteiger partial charge in [0.05, 0.1) is 29.2 Å². The Kier molecular flexibility index (Phi) is 9.37. The van der Waals surface area contributed by atoms with Crippen LogP contribution in [0.4, 0.5) is 0 Å². The molecule has 226 valence electrons. The minimum Gasteiger partial charge on any atom is -0.598 e. The summed E-state index contributed by atoms with van der Waals surface area (Å²) in [5.74, 6) is 0.728. The molecular formula is C32H45N5O3SSi. The normalized spacial score (nSPS) is 15.1. The Bertz CT molecular complexity index is 1530. The molecule has 3 heterocycles. The third-order valence-corrected chi connectivity index (χ3v) is 13.9. The SMILES string of the molecule is CCCC(O)(N[S@+]([O-])C(C)(C)C)c1cccc(-c2ccc3cn(-c4cccc(CO[Si](C)(C)C(C)(C)C)n4)nc3c2)n1. The topological polar surface area (TPSA) is 108 Å². The lowest BCUT2D eigenvalue weighted by atomic mass is 10.0. The molecule has 0 aliphatic rings. The highest BCUT2D eigenvalue weighted by atomic mass is 32.2. The molecular weight excluding hydrogens is 563 g/mol. The summed E-state index contributed by atoms with van der Waals surface area (Å²) in [5.41, 5.74) is 2.17. The lowest BCUT2D eigenvalue weighted by Gasteiger charge is -2.36. The van der Waals surface area contributed by atoms with Gasteiger partial charge in [0.2, 0.25) is 0 Å². The van der Waals surface area contributed by atoms with Crippen LogP contribution >= 0.6 is 0 Å². The first-order valence-corrected chi connectivity index (χ1v) is 18.6. The zero-order valence-electron chi connectivity index (χ0n) is 26.4. The molecule has 0 aliphatic heterocycles. The van der Waals surface area contributed by atoms with Crippen LogP contribution < -0.4 is 4.72 Å². The lowest BCUT2D eigenvalue weighted by molar-refractivity contribution is 0.0101. The second-order valence-electron chi connectivity index (χ2n) is 13.4. The Balaban J connectivity index is 1.60. The molecule has 42 heavy (non-hydrogen) atoms. The van der Waals surface area contributed by atoms with E-state index in [0.717, 1.165) is 28.0 Å². The smallest absolute Gasteiger partial charge is 0.200 e. The predicted octanol–water partition coefficient (Wildman–Crippen LogP) is 7.00. The molecule has 0 saturated carbocycles. The molecule has 10 heteroatoms. The number of nitrogens with zero attached hydrogens (tertiary/aromatic N) is 4. The number of fused-ring (bicyclic) bond motifs is 1. The van der Waals surface area contributed by atoms with E-state index >= 15 is 0 Å². The van der Waals surface area contributed by atoms with Crippen LogP contribution in [0.1, 0.15) is 72.7 Å². The standard InChI is InChI=1S/C32H45N5O3SSi/c1-10-19-32(38,36-41(39)30(2,3)4)28-15-12-14-26(34-28)23-17-18-24-21-37(35-27(24)20-23)29-16-11-13-25(33-29)22-40-42(8,9)31(5,6)7/h11-18,20-21,36,38H,10,19,22H2,1-9H3/t32?,41-/m1/s1. The van der Waals surface area contributed by atoms with Gasteiger partial charge in [-0.15, -0.1) is 4.72 Å². The quantitative estimate of drug-likeness (QED) is 0.113. The molecule has 8 nitrogen and oxygen atoms in total. The molecule has 0 saturated heterocycles. The molecule has 2 N–H and O–H groups in total. The van der Waals surface area contributed by atoms with Gasteiger partial charge in [0, 0.05) is 28.5 Å². The van der Waals surface area contributed by atoms with Crippen LogP contribution in [0.5, 0.6) is 0 Å². The Labute approximate surface area is 254 Å². The molecule has 3 aromatic heterocycles. The summed E-state index contributed by atoms with van der Waals surface area (Å²) in [6.07, 6.45) is 3.04. The van der Waals surface area contributed by atoms with Gasteiger partial charge in [-0.05, 0) is 75.7 Å². The van der Waals surface area contributed by atoms with Gasteiger partial charge in [0.15, 0.2) is 19.9 Å². The minimum absolute atomic E-state index is 0.132. The van der Waals surface area contributed by atoms with Crippen LogP contribution in [0.2, 0.25) is 18.1 Å². The molecule has 0 bridgehead atoms. The largest absolute Gasteiger partial charge is 0.598 e. The number of hydrogen-bond acceptors (Lipinski definition) is 7. The van der Waals surface area contributed by atoms with E-state index in [-0.39, 0.29) is 5.04 Å². The Morgan fingerprint density at radius 3 is 2.38 bits per heavy atom. The number of aliphatic hydroxyl groups is 1. The van der Waals surface area contributed by atoms with E-state index in [1.807, 2.05) is 82.4 Å². The second kappa shape index (κ2) is 12.2. The molecule has 1 unspecified atom stereocenters. The van der Waals surface area contributed by atoms with Crippen LogP contribution in [0.25, 0.3) is 28.0 Å². The molecule has 1 aromatic carbocycles. The van der Waals surface area contributed by atoms with Crippen LogP contribution in [0, 0.1) is 0 Å². The Hall–Kier alpha value is -2.60. The van der Waals surface area contributed by atoms with E-state index < -0.39 is 30.2 Å². The Morgan fingerprint density at radius 2 is 1.71 bits per heavy atom. The average Bonchev–Trinajstić information content (AvgIpc) is 3.35. The molecule has 0 radical (unpaired) electrons. The summed E-state index contributed by atoms with van der Waals surface area (Å²) < 4.78 is 23.5. The maximum absolute atomic E-state index is 12.9. The van der Waals surface area contributed by atoms with Crippen molar-refractivity contribution in [3.63, 3.8) is 0 Å². The van der Waals surface area contributed by atoms with Crippen molar-refractivity contribution in [2.75, 3.05) is 0 Å². The highest BCUT2D eigenvalue weighted by molar-refractivity contribution is 7.90. The van der Waals surface area contributed by atoms with E-state index in [4.69, 9.17) is 19.5 Å². The van der Waals surface area contributed by atoms with E-state index in [2.05, 4.69) is 38.6 Å². The lowest BCUT2D eigenvalue weighted by Crippen LogP contribution is -2.51. The van der Waals surface area contributed by atoms with Crippen LogP contribution in [0.3, 0.4) is 0 Å². The predicted molar refractivity (Wildman–Crippen MR) is 174 cm³/mol. The maximum Gasteiger partial charge on any atom is 0.200 e. The summed E-state index contributed by atoms with van der Waals surface area (Å²) in [6, 6.07) is 17.5. The summed E-state index contributed by atoms with van der Waals surface area (Å²) in [6.45, 7) is 19.2.